The maximum Gasteiger partial charge on any atom is 0.191 e. The van der Waals surface area contributed by atoms with Crippen LogP contribution in [0.5, 0.6) is 0 Å². The molecule has 120 valence electrons. The fraction of sp³-hybridized carbons (Fsp3) is 0.533. The predicted molar refractivity (Wildman–Crippen MR) is 103 cm³/mol. The van der Waals surface area contributed by atoms with E-state index in [1.54, 1.807) is 18.9 Å². The predicted octanol–water partition coefficient (Wildman–Crippen LogP) is 3.04. The zero-order valence-electron chi connectivity index (χ0n) is 13.2. The summed E-state index contributed by atoms with van der Waals surface area (Å²) >= 11 is 1.77. The van der Waals surface area contributed by atoms with Crippen molar-refractivity contribution in [1.82, 2.24) is 10.6 Å². The first kappa shape index (κ1) is 20.5. The van der Waals surface area contributed by atoms with Crippen LogP contribution in [-0.2, 0) is 11.3 Å². The summed E-state index contributed by atoms with van der Waals surface area (Å²) in [5, 5.41) is 6.48. The van der Waals surface area contributed by atoms with Crippen LogP contribution in [0.1, 0.15) is 18.1 Å². The number of halogens is 1. The van der Waals surface area contributed by atoms with Crippen molar-refractivity contribution in [3.63, 3.8) is 0 Å². The van der Waals surface area contributed by atoms with Gasteiger partial charge in [-0.1, -0.05) is 12.1 Å². The lowest BCUT2D eigenvalue weighted by Gasteiger charge is -2.12. The minimum atomic E-state index is 0. The molecule has 21 heavy (non-hydrogen) atoms. The third-order valence-electron chi connectivity index (χ3n) is 2.79. The molecule has 1 aromatic carbocycles. The van der Waals surface area contributed by atoms with Crippen LogP contribution in [-0.4, -0.2) is 39.0 Å². The minimum absolute atomic E-state index is 0. The molecule has 0 aliphatic carbocycles. The molecule has 0 unspecified atom stereocenters. The van der Waals surface area contributed by atoms with Crippen molar-refractivity contribution in [3.8, 4) is 0 Å². The number of hydrogen-bond donors (Lipinski definition) is 2. The highest BCUT2D eigenvalue weighted by atomic mass is 127. The maximum absolute atomic E-state index is 5.03. The van der Waals surface area contributed by atoms with Gasteiger partial charge in [0.2, 0.25) is 0 Å². The van der Waals surface area contributed by atoms with Gasteiger partial charge in [-0.2, -0.15) is 0 Å². The second kappa shape index (κ2) is 12.1. The summed E-state index contributed by atoms with van der Waals surface area (Å²) in [6.07, 6.45) is 2.10. The van der Waals surface area contributed by atoms with Gasteiger partial charge in [0.05, 0.1) is 13.2 Å². The number of rotatable bonds is 7. The first-order valence-electron chi connectivity index (χ1n) is 6.85. The smallest absolute Gasteiger partial charge is 0.191 e. The molecule has 0 aromatic heterocycles. The van der Waals surface area contributed by atoms with Crippen LogP contribution in [0.25, 0.3) is 0 Å². The van der Waals surface area contributed by atoms with Gasteiger partial charge in [0.25, 0.3) is 0 Å². The molecule has 0 aliphatic heterocycles. The highest BCUT2D eigenvalue weighted by Gasteiger charge is 2.02. The van der Waals surface area contributed by atoms with Crippen molar-refractivity contribution in [2.45, 2.75) is 25.3 Å². The number of nitrogens with zero attached hydrogens (tertiary/aromatic N) is 1. The molecule has 2 N–H and O–H groups in total. The van der Waals surface area contributed by atoms with Crippen LogP contribution in [0.3, 0.4) is 0 Å². The number of hydrogen-bond acceptors (Lipinski definition) is 3. The first-order chi connectivity index (χ1) is 9.71. The number of aryl methyl sites for hydroxylation is 1. The van der Waals surface area contributed by atoms with Crippen LogP contribution in [0.2, 0.25) is 0 Å². The van der Waals surface area contributed by atoms with Gasteiger partial charge in [-0.3, -0.25) is 0 Å². The van der Waals surface area contributed by atoms with Crippen molar-refractivity contribution in [3.05, 3.63) is 29.3 Å². The summed E-state index contributed by atoms with van der Waals surface area (Å²) in [6, 6.07) is 6.50. The molecule has 0 atom stereocenters. The molecular weight excluding hydrogens is 397 g/mol. The Morgan fingerprint density at radius 2 is 2.10 bits per heavy atom. The molecule has 0 aliphatic rings. The topological polar surface area (TPSA) is 45.7 Å². The van der Waals surface area contributed by atoms with Crippen molar-refractivity contribution in [2.75, 3.05) is 33.1 Å². The Bertz CT molecular complexity index is 441. The molecule has 6 heteroatoms. The van der Waals surface area contributed by atoms with E-state index in [-0.39, 0.29) is 24.0 Å². The lowest BCUT2D eigenvalue weighted by atomic mass is 10.1. The Balaban J connectivity index is 0.00000400. The molecule has 0 saturated heterocycles. The monoisotopic (exact) mass is 423 g/mol. The zero-order chi connectivity index (χ0) is 14.8. The number of guanidine groups is 1. The normalized spacial score (nSPS) is 11.0. The van der Waals surface area contributed by atoms with Crippen molar-refractivity contribution in [1.29, 1.82) is 0 Å². The number of methoxy groups -OCH3 is 1. The summed E-state index contributed by atoms with van der Waals surface area (Å²) in [6.45, 7) is 7.13. The lowest BCUT2D eigenvalue weighted by Crippen LogP contribution is -2.38. The summed E-state index contributed by atoms with van der Waals surface area (Å²) in [4.78, 5) is 5.91. The van der Waals surface area contributed by atoms with Crippen molar-refractivity contribution < 1.29 is 4.74 Å². The van der Waals surface area contributed by atoms with Gasteiger partial charge < -0.3 is 15.4 Å². The van der Waals surface area contributed by atoms with Crippen LogP contribution in [0.4, 0.5) is 0 Å². The van der Waals surface area contributed by atoms with E-state index in [0.29, 0.717) is 13.2 Å². The molecule has 0 radical (unpaired) electrons. The van der Waals surface area contributed by atoms with Gasteiger partial charge >= 0.3 is 0 Å². The molecule has 0 spiro atoms. The second-order valence-electron chi connectivity index (χ2n) is 4.43. The number of ether oxygens (including phenoxy) is 1. The third kappa shape index (κ3) is 7.92. The van der Waals surface area contributed by atoms with Gasteiger partial charge in [-0.05, 0) is 37.3 Å². The molecule has 1 aromatic rings. The van der Waals surface area contributed by atoms with Crippen LogP contribution < -0.4 is 10.6 Å². The standard InChI is InChI=1S/C15H25N3OS.HI/c1-5-16-15(17-8-9-19-3)18-11-13-7-6-12(2)10-14(13)20-4;/h6-7,10H,5,8-9,11H2,1-4H3,(H2,16,17,18);1H. The Morgan fingerprint density at radius 3 is 2.71 bits per heavy atom. The highest BCUT2D eigenvalue weighted by molar-refractivity contribution is 14.0. The molecule has 1 rings (SSSR count). The number of aliphatic imine (C=N–C) groups is 1. The van der Waals surface area contributed by atoms with Gasteiger partial charge in [-0.15, -0.1) is 35.7 Å². The summed E-state index contributed by atoms with van der Waals surface area (Å²) in [5.41, 5.74) is 2.54. The molecule has 0 heterocycles. The molecule has 4 nitrogen and oxygen atoms in total. The fourth-order valence-corrected chi connectivity index (χ4v) is 2.46. The average molecular weight is 423 g/mol. The average Bonchev–Trinajstić information content (AvgIpc) is 2.45. The second-order valence-corrected chi connectivity index (χ2v) is 5.28. The van der Waals surface area contributed by atoms with E-state index in [2.05, 4.69) is 53.9 Å². The Morgan fingerprint density at radius 1 is 1.33 bits per heavy atom. The number of thioether (sulfide) groups is 1. The van der Waals surface area contributed by atoms with Gasteiger partial charge in [0.1, 0.15) is 0 Å². The third-order valence-corrected chi connectivity index (χ3v) is 3.61. The van der Waals surface area contributed by atoms with Gasteiger partial charge in [-0.25, -0.2) is 4.99 Å². The zero-order valence-corrected chi connectivity index (χ0v) is 16.4. The Hall–Kier alpha value is -0.470. The van der Waals surface area contributed by atoms with E-state index >= 15 is 0 Å². The van der Waals surface area contributed by atoms with E-state index in [4.69, 9.17) is 4.74 Å². The van der Waals surface area contributed by atoms with Gasteiger partial charge in [0.15, 0.2) is 5.96 Å². The maximum atomic E-state index is 5.03. The summed E-state index contributed by atoms with van der Waals surface area (Å²) in [5.74, 6) is 0.831. The van der Waals surface area contributed by atoms with Crippen LogP contribution in [0, 0.1) is 6.92 Å². The van der Waals surface area contributed by atoms with Gasteiger partial charge in [0, 0.05) is 25.1 Å². The minimum Gasteiger partial charge on any atom is -0.383 e. The fourth-order valence-electron chi connectivity index (χ4n) is 1.76. The molecular formula is C15H26IN3OS. The van der Waals surface area contributed by atoms with E-state index in [1.165, 1.54) is 16.0 Å². The Kier molecular flexibility index (Phi) is 11.8. The van der Waals surface area contributed by atoms with E-state index in [1.807, 2.05) is 0 Å². The lowest BCUT2D eigenvalue weighted by molar-refractivity contribution is 0.203. The van der Waals surface area contributed by atoms with Crippen LogP contribution in [0.15, 0.2) is 28.1 Å². The molecule has 0 bridgehead atoms. The number of nitrogens with one attached hydrogen (secondary N) is 2. The highest BCUT2D eigenvalue weighted by Crippen LogP contribution is 2.22. The SMILES string of the molecule is CCNC(=NCc1ccc(C)cc1SC)NCCOC.I. The summed E-state index contributed by atoms with van der Waals surface area (Å²) < 4.78 is 5.03. The van der Waals surface area contributed by atoms with E-state index in [9.17, 15) is 0 Å². The Labute approximate surface area is 149 Å². The summed E-state index contributed by atoms with van der Waals surface area (Å²) in [7, 11) is 1.70. The number of benzene rings is 1. The molecule has 0 fully saturated rings. The largest absolute Gasteiger partial charge is 0.383 e. The quantitative estimate of drug-likeness (QED) is 0.233. The van der Waals surface area contributed by atoms with E-state index < -0.39 is 0 Å². The first-order valence-corrected chi connectivity index (χ1v) is 8.08. The van der Waals surface area contributed by atoms with Crippen molar-refractivity contribution in [2.24, 2.45) is 4.99 Å². The van der Waals surface area contributed by atoms with Crippen LogP contribution >= 0.6 is 35.7 Å². The molecule has 0 saturated carbocycles. The van der Waals surface area contributed by atoms with E-state index in [0.717, 1.165) is 19.0 Å². The molecule has 0 amide bonds. The van der Waals surface area contributed by atoms with Crippen molar-refractivity contribution >= 4 is 41.7 Å².